The van der Waals surface area contributed by atoms with Crippen LogP contribution in [0.15, 0.2) is 42.5 Å². The van der Waals surface area contributed by atoms with E-state index >= 15 is 0 Å². The lowest BCUT2D eigenvalue weighted by Gasteiger charge is -2.32. The summed E-state index contributed by atoms with van der Waals surface area (Å²) in [5, 5.41) is 9.73. The zero-order valence-corrected chi connectivity index (χ0v) is 16.4. The van der Waals surface area contributed by atoms with Gasteiger partial charge in [-0.3, -0.25) is 4.90 Å². The van der Waals surface area contributed by atoms with Gasteiger partial charge < -0.3 is 24.1 Å². The number of hydrogen-bond acceptors (Lipinski definition) is 6. The number of rotatable bonds is 7. The van der Waals surface area contributed by atoms with Crippen LogP contribution in [0, 0.1) is 0 Å². The smallest absolute Gasteiger partial charge is 0.349 e. The van der Waals surface area contributed by atoms with Crippen LogP contribution >= 0.6 is 0 Å². The molecule has 1 N–H and O–H groups in total. The van der Waals surface area contributed by atoms with E-state index in [1.807, 2.05) is 6.07 Å². The molecule has 2 heterocycles. The van der Waals surface area contributed by atoms with Gasteiger partial charge in [-0.1, -0.05) is 12.1 Å². The molecule has 0 bridgehead atoms. The average molecular weight is 399 g/mol. The lowest BCUT2D eigenvalue weighted by atomic mass is 10.0. The summed E-state index contributed by atoms with van der Waals surface area (Å²) < 4.78 is 23.2. The summed E-state index contributed by atoms with van der Waals surface area (Å²) in [6.07, 6.45) is 0.420. The quantitative estimate of drug-likeness (QED) is 0.766. The number of para-hydroxylation sites is 2. The minimum absolute atomic E-state index is 0.418. The summed E-state index contributed by atoms with van der Waals surface area (Å²) in [5.41, 5.74) is 0.620. The zero-order chi connectivity index (χ0) is 20.2. The highest BCUT2D eigenvalue weighted by molar-refractivity contribution is 5.75. The van der Waals surface area contributed by atoms with Crippen LogP contribution in [-0.4, -0.2) is 55.4 Å². The van der Waals surface area contributed by atoms with E-state index in [9.17, 15) is 9.90 Å². The van der Waals surface area contributed by atoms with E-state index in [2.05, 4.69) is 4.90 Å². The molecule has 7 nitrogen and oxygen atoms in total. The lowest BCUT2D eigenvalue weighted by Crippen LogP contribution is -2.39. The second-order valence-corrected chi connectivity index (χ2v) is 7.16. The molecule has 2 aliphatic rings. The fourth-order valence-corrected chi connectivity index (χ4v) is 3.74. The van der Waals surface area contributed by atoms with Crippen molar-refractivity contribution >= 4 is 5.97 Å². The van der Waals surface area contributed by atoms with Gasteiger partial charge in [0.15, 0.2) is 17.6 Å². The highest BCUT2D eigenvalue weighted by Gasteiger charge is 2.40. The number of carboxylic acids is 1. The number of aliphatic carboxylic acids is 1. The van der Waals surface area contributed by atoms with Gasteiger partial charge in [0, 0.05) is 18.2 Å². The molecule has 2 aromatic rings. The lowest BCUT2D eigenvalue weighted by molar-refractivity contribution is -0.151. The molecule has 1 saturated heterocycles. The second-order valence-electron chi connectivity index (χ2n) is 7.16. The summed E-state index contributed by atoms with van der Waals surface area (Å²) in [5.74, 6) is 1.01. The third-order valence-electron chi connectivity index (χ3n) is 5.27. The molecule has 0 aromatic heterocycles. The second kappa shape index (κ2) is 8.61. The Balaban J connectivity index is 1.60. The average Bonchev–Trinajstić information content (AvgIpc) is 3.26. The summed E-state index contributed by atoms with van der Waals surface area (Å²) in [6.45, 7) is 3.50. The molecule has 0 saturated carbocycles. The molecule has 29 heavy (non-hydrogen) atoms. The standard InChI is InChI=1S/C22H25NO6/c1-26-15-8-9-16(19(14-15)27-13-12-23-10-4-5-11-23)20-21(22(24)25)29-18-7-3-2-6-17(18)28-20/h2-3,6-9,14,20-21H,4-5,10-13H2,1H3,(H,24,25). The normalized spacial score (nSPS) is 21.0. The highest BCUT2D eigenvalue weighted by atomic mass is 16.6. The van der Waals surface area contributed by atoms with Crippen LogP contribution in [0.3, 0.4) is 0 Å². The van der Waals surface area contributed by atoms with E-state index in [0.29, 0.717) is 35.2 Å². The summed E-state index contributed by atoms with van der Waals surface area (Å²) in [6, 6.07) is 12.4. The zero-order valence-electron chi connectivity index (χ0n) is 16.4. The third kappa shape index (κ3) is 4.24. The largest absolute Gasteiger partial charge is 0.497 e. The van der Waals surface area contributed by atoms with Gasteiger partial charge in [0.05, 0.1) is 7.11 Å². The van der Waals surface area contributed by atoms with E-state index in [1.54, 1.807) is 43.5 Å². The molecule has 0 radical (unpaired) electrons. The van der Waals surface area contributed by atoms with Crippen LogP contribution in [-0.2, 0) is 4.79 Å². The molecule has 0 aliphatic carbocycles. The molecule has 0 amide bonds. The molecule has 2 aromatic carbocycles. The van der Waals surface area contributed by atoms with Gasteiger partial charge in [-0.25, -0.2) is 4.79 Å². The first-order chi connectivity index (χ1) is 14.2. The van der Waals surface area contributed by atoms with Crippen molar-refractivity contribution in [3.8, 4) is 23.0 Å². The Kier molecular flexibility index (Phi) is 5.76. The first-order valence-corrected chi connectivity index (χ1v) is 9.84. The van der Waals surface area contributed by atoms with Crippen molar-refractivity contribution in [3.63, 3.8) is 0 Å². The van der Waals surface area contributed by atoms with Gasteiger partial charge >= 0.3 is 5.97 Å². The van der Waals surface area contributed by atoms with Gasteiger partial charge in [0.1, 0.15) is 18.1 Å². The van der Waals surface area contributed by atoms with Crippen molar-refractivity contribution in [2.75, 3.05) is 33.4 Å². The number of benzene rings is 2. The van der Waals surface area contributed by atoms with E-state index in [4.69, 9.17) is 18.9 Å². The SMILES string of the molecule is COc1ccc(C2Oc3ccccc3OC2C(=O)O)c(OCCN2CCCC2)c1. The van der Waals surface area contributed by atoms with Gasteiger partial charge in [0.25, 0.3) is 0 Å². The van der Waals surface area contributed by atoms with Crippen molar-refractivity contribution in [1.29, 1.82) is 0 Å². The van der Waals surface area contributed by atoms with Crippen molar-refractivity contribution in [1.82, 2.24) is 4.90 Å². The van der Waals surface area contributed by atoms with Gasteiger partial charge in [-0.15, -0.1) is 0 Å². The molecule has 2 aliphatic heterocycles. The topological polar surface area (TPSA) is 77.5 Å². The van der Waals surface area contributed by atoms with E-state index in [-0.39, 0.29) is 0 Å². The van der Waals surface area contributed by atoms with Gasteiger partial charge in [-0.2, -0.15) is 0 Å². The Bertz CT molecular complexity index is 864. The molecule has 7 heteroatoms. The van der Waals surface area contributed by atoms with Gasteiger partial charge in [-0.05, 0) is 50.2 Å². The van der Waals surface area contributed by atoms with Crippen LogP contribution in [0.2, 0.25) is 0 Å². The van der Waals surface area contributed by atoms with Crippen LogP contribution in [0.25, 0.3) is 0 Å². The molecule has 1 fully saturated rings. The van der Waals surface area contributed by atoms with Crippen LogP contribution in [0.4, 0.5) is 0 Å². The predicted octanol–water partition coefficient (Wildman–Crippen LogP) is 3.14. The first-order valence-electron chi connectivity index (χ1n) is 9.84. The Morgan fingerprint density at radius 3 is 2.55 bits per heavy atom. The number of likely N-dealkylation sites (tertiary alicyclic amines) is 1. The van der Waals surface area contributed by atoms with Crippen molar-refractivity contribution in [2.45, 2.75) is 25.0 Å². The number of methoxy groups -OCH3 is 1. The molecule has 2 unspecified atom stereocenters. The summed E-state index contributed by atoms with van der Waals surface area (Å²) >= 11 is 0. The van der Waals surface area contributed by atoms with Crippen LogP contribution < -0.4 is 18.9 Å². The molecular weight excluding hydrogens is 374 g/mol. The maximum Gasteiger partial charge on any atom is 0.349 e. The molecular formula is C22H25NO6. The number of carboxylic acid groups (broad SMARTS) is 1. The molecule has 4 rings (SSSR count). The number of ether oxygens (including phenoxy) is 4. The maximum absolute atomic E-state index is 11.9. The van der Waals surface area contributed by atoms with E-state index in [1.165, 1.54) is 12.8 Å². The maximum atomic E-state index is 11.9. The fraction of sp³-hybridized carbons (Fsp3) is 0.409. The Hall–Kier alpha value is -2.93. The highest BCUT2D eigenvalue weighted by Crippen LogP contribution is 2.42. The van der Waals surface area contributed by atoms with Crippen molar-refractivity contribution < 1.29 is 28.8 Å². The van der Waals surface area contributed by atoms with E-state index < -0.39 is 18.2 Å². The van der Waals surface area contributed by atoms with Crippen molar-refractivity contribution in [3.05, 3.63) is 48.0 Å². The van der Waals surface area contributed by atoms with Crippen LogP contribution in [0.1, 0.15) is 24.5 Å². The minimum atomic E-state index is -1.18. The molecule has 2 atom stereocenters. The van der Waals surface area contributed by atoms with E-state index in [0.717, 1.165) is 19.6 Å². The molecule has 154 valence electrons. The Morgan fingerprint density at radius 1 is 1.14 bits per heavy atom. The number of fused-ring (bicyclic) bond motifs is 1. The van der Waals surface area contributed by atoms with Crippen molar-refractivity contribution in [2.24, 2.45) is 0 Å². The summed E-state index contributed by atoms with van der Waals surface area (Å²) in [7, 11) is 1.58. The predicted molar refractivity (Wildman–Crippen MR) is 106 cm³/mol. The Morgan fingerprint density at radius 2 is 1.86 bits per heavy atom. The number of hydrogen-bond donors (Lipinski definition) is 1. The number of nitrogens with zero attached hydrogens (tertiary/aromatic N) is 1. The first kappa shape index (κ1) is 19.4. The Labute approximate surface area is 169 Å². The third-order valence-corrected chi connectivity index (χ3v) is 5.27. The van der Waals surface area contributed by atoms with Crippen LogP contribution in [0.5, 0.6) is 23.0 Å². The van der Waals surface area contributed by atoms with Gasteiger partial charge in [0.2, 0.25) is 6.10 Å². The minimum Gasteiger partial charge on any atom is -0.497 e. The fourth-order valence-electron chi connectivity index (χ4n) is 3.74. The monoisotopic (exact) mass is 399 g/mol. The number of carbonyl (C=O) groups is 1. The molecule has 0 spiro atoms. The summed E-state index contributed by atoms with van der Waals surface area (Å²) in [4.78, 5) is 14.3.